The lowest BCUT2D eigenvalue weighted by molar-refractivity contribution is -0.117. The summed E-state index contributed by atoms with van der Waals surface area (Å²) < 4.78 is 36.6. The van der Waals surface area contributed by atoms with E-state index in [0.29, 0.717) is 44.3 Å². The van der Waals surface area contributed by atoms with Crippen LogP contribution in [0.25, 0.3) is 17.2 Å². The van der Waals surface area contributed by atoms with Gasteiger partial charge < -0.3 is 29.2 Å². The van der Waals surface area contributed by atoms with E-state index in [2.05, 4.69) is 10.3 Å². The lowest BCUT2D eigenvalue weighted by Crippen LogP contribution is -2.42. The summed E-state index contributed by atoms with van der Waals surface area (Å²) in [5.74, 6) is 0.549. The number of morpholine rings is 1. The van der Waals surface area contributed by atoms with E-state index >= 15 is 0 Å². The molecule has 0 radical (unpaired) electrons. The number of amides is 1. The highest BCUT2D eigenvalue weighted by Crippen LogP contribution is 2.44. The Kier molecular flexibility index (Phi) is 9.48. The van der Waals surface area contributed by atoms with Crippen LogP contribution in [0.1, 0.15) is 29.2 Å². The average Bonchev–Trinajstić information content (AvgIpc) is 3.27. The molecule has 2 aromatic carbocycles. The maximum Gasteiger partial charge on any atom is 0.415 e. The first kappa shape index (κ1) is 29.9. The molecule has 1 aliphatic heterocycles. The standard InChI is InChI=1S/C33H34FN3O6/c1-21-27(14-23-15-30(40-2)32(31(16-23)41-3)43-33(39)37-9-11-42-12-10-37)26-7-6-24(34)17-28(26)29(21)20-36-19-25(38)13-22-5-4-8-35-18-22/h4-8,14-18,36H,9-13,19-20H2,1-3H3/b27-14-. The quantitative estimate of drug-likeness (QED) is 0.361. The highest BCUT2D eigenvalue weighted by atomic mass is 19.1. The molecular weight excluding hydrogens is 553 g/mol. The molecule has 0 spiro atoms. The number of hydrogen-bond acceptors (Lipinski definition) is 8. The van der Waals surface area contributed by atoms with E-state index in [4.69, 9.17) is 18.9 Å². The lowest BCUT2D eigenvalue weighted by Gasteiger charge is -2.26. The second-order valence-corrected chi connectivity index (χ2v) is 10.3. The zero-order valence-corrected chi connectivity index (χ0v) is 24.4. The van der Waals surface area contributed by atoms with Gasteiger partial charge in [0.2, 0.25) is 5.75 Å². The Labute approximate surface area is 249 Å². The highest BCUT2D eigenvalue weighted by molar-refractivity contribution is 6.05. The third-order valence-electron chi connectivity index (χ3n) is 7.45. The van der Waals surface area contributed by atoms with E-state index in [0.717, 1.165) is 39.0 Å². The topological polar surface area (TPSA) is 99.2 Å². The van der Waals surface area contributed by atoms with Crippen LogP contribution in [0.4, 0.5) is 9.18 Å². The van der Waals surface area contributed by atoms with Crippen molar-refractivity contribution in [2.45, 2.75) is 13.3 Å². The number of rotatable bonds is 10. The molecule has 1 aromatic heterocycles. The number of ketones is 1. The van der Waals surface area contributed by atoms with Gasteiger partial charge in [-0.2, -0.15) is 0 Å². The smallest absolute Gasteiger partial charge is 0.415 e. The lowest BCUT2D eigenvalue weighted by atomic mass is 10.00. The zero-order valence-electron chi connectivity index (χ0n) is 24.4. The van der Waals surface area contributed by atoms with E-state index in [9.17, 15) is 14.0 Å². The van der Waals surface area contributed by atoms with Crippen molar-refractivity contribution in [3.8, 4) is 17.2 Å². The number of methoxy groups -OCH3 is 2. The Morgan fingerprint density at radius 3 is 2.49 bits per heavy atom. The van der Waals surface area contributed by atoms with Gasteiger partial charge in [0.25, 0.3) is 0 Å². The van der Waals surface area contributed by atoms with Crippen molar-refractivity contribution in [3.63, 3.8) is 0 Å². The van der Waals surface area contributed by atoms with Crippen LogP contribution in [0.3, 0.4) is 0 Å². The van der Waals surface area contributed by atoms with E-state index in [1.54, 1.807) is 41.6 Å². The third kappa shape index (κ3) is 6.93. The molecule has 2 aliphatic rings. The average molecular weight is 588 g/mol. The fourth-order valence-electron chi connectivity index (χ4n) is 5.25. The molecule has 5 rings (SSSR count). The molecule has 2 heterocycles. The van der Waals surface area contributed by atoms with Gasteiger partial charge in [-0.3, -0.25) is 9.78 Å². The maximum absolute atomic E-state index is 14.4. The summed E-state index contributed by atoms with van der Waals surface area (Å²) in [6.07, 6.45) is 5.10. The monoisotopic (exact) mass is 587 g/mol. The van der Waals surface area contributed by atoms with Crippen LogP contribution < -0.4 is 19.5 Å². The molecule has 43 heavy (non-hydrogen) atoms. The van der Waals surface area contributed by atoms with Gasteiger partial charge in [0, 0.05) is 38.4 Å². The van der Waals surface area contributed by atoms with Gasteiger partial charge in [-0.05, 0) is 82.3 Å². The SMILES string of the molecule is COc1cc(/C=C2/C(C)=C(CNCC(=O)Cc3cccnc3)c3cc(F)ccc32)cc(OC)c1OC(=O)N1CCOCC1. The fraction of sp³-hybridized carbons (Fsp3) is 0.303. The molecule has 224 valence electrons. The Morgan fingerprint density at radius 1 is 1.07 bits per heavy atom. The van der Waals surface area contributed by atoms with E-state index in [1.165, 1.54) is 26.4 Å². The Morgan fingerprint density at radius 2 is 1.81 bits per heavy atom. The van der Waals surface area contributed by atoms with Gasteiger partial charge in [-0.15, -0.1) is 0 Å². The van der Waals surface area contributed by atoms with Gasteiger partial charge in [-0.25, -0.2) is 9.18 Å². The maximum atomic E-state index is 14.4. The number of halogens is 1. The van der Waals surface area contributed by atoms with Crippen molar-refractivity contribution in [3.05, 3.63) is 88.5 Å². The number of pyridine rings is 1. The number of benzene rings is 2. The predicted molar refractivity (Wildman–Crippen MR) is 161 cm³/mol. The Bertz CT molecular complexity index is 1540. The summed E-state index contributed by atoms with van der Waals surface area (Å²) in [6, 6.07) is 11.9. The molecule has 1 amide bonds. The van der Waals surface area contributed by atoms with E-state index < -0.39 is 6.09 Å². The number of nitrogens with zero attached hydrogens (tertiary/aromatic N) is 2. The van der Waals surface area contributed by atoms with Crippen molar-refractivity contribution in [1.29, 1.82) is 0 Å². The molecule has 1 fully saturated rings. The van der Waals surface area contributed by atoms with Gasteiger partial charge >= 0.3 is 6.09 Å². The van der Waals surface area contributed by atoms with Crippen molar-refractivity contribution < 1.29 is 32.9 Å². The number of Topliss-reactive ketones (excluding diaryl/α,β-unsaturated/α-hetero) is 1. The molecule has 1 N–H and O–H groups in total. The molecule has 0 saturated carbocycles. The first-order chi connectivity index (χ1) is 20.9. The van der Waals surface area contributed by atoms with Crippen LogP contribution >= 0.6 is 0 Å². The summed E-state index contributed by atoms with van der Waals surface area (Å²) >= 11 is 0. The molecule has 1 saturated heterocycles. The van der Waals surface area contributed by atoms with Crippen molar-refractivity contribution in [2.75, 3.05) is 53.6 Å². The summed E-state index contributed by atoms with van der Waals surface area (Å²) in [5.41, 5.74) is 6.00. The summed E-state index contributed by atoms with van der Waals surface area (Å²) in [5, 5.41) is 3.23. The van der Waals surface area contributed by atoms with Crippen molar-refractivity contribution in [2.24, 2.45) is 0 Å². The minimum absolute atomic E-state index is 0.0353. The van der Waals surface area contributed by atoms with Crippen LogP contribution in [0.2, 0.25) is 0 Å². The number of carbonyl (C=O) groups is 2. The van der Waals surface area contributed by atoms with Crippen molar-refractivity contribution >= 4 is 29.1 Å². The molecular formula is C33H34FN3O6. The largest absolute Gasteiger partial charge is 0.493 e. The van der Waals surface area contributed by atoms with Crippen LogP contribution in [-0.4, -0.2) is 75.4 Å². The fourth-order valence-corrected chi connectivity index (χ4v) is 5.25. The highest BCUT2D eigenvalue weighted by Gasteiger charge is 2.26. The Hall–Kier alpha value is -4.54. The van der Waals surface area contributed by atoms with Crippen LogP contribution in [0.5, 0.6) is 17.2 Å². The molecule has 9 nitrogen and oxygen atoms in total. The number of aromatic nitrogens is 1. The summed E-state index contributed by atoms with van der Waals surface area (Å²) in [4.78, 5) is 31.0. The zero-order chi connectivity index (χ0) is 30.3. The molecule has 3 aromatic rings. The number of fused-ring (bicyclic) bond motifs is 1. The van der Waals surface area contributed by atoms with E-state index in [-0.39, 0.29) is 30.3 Å². The second kappa shape index (κ2) is 13.6. The van der Waals surface area contributed by atoms with Crippen LogP contribution in [0.15, 0.2) is 60.4 Å². The number of ether oxygens (including phenoxy) is 4. The van der Waals surface area contributed by atoms with Gasteiger partial charge in [-0.1, -0.05) is 12.1 Å². The number of carbonyl (C=O) groups excluding carboxylic acids is 2. The summed E-state index contributed by atoms with van der Waals surface area (Å²) in [7, 11) is 2.99. The normalized spacial score (nSPS) is 15.4. The molecule has 1 aliphatic carbocycles. The van der Waals surface area contributed by atoms with Gasteiger partial charge in [0.05, 0.1) is 34.0 Å². The molecule has 10 heteroatoms. The second-order valence-electron chi connectivity index (χ2n) is 10.3. The molecule has 0 unspecified atom stereocenters. The molecule has 0 atom stereocenters. The van der Waals surface area contributed by atoms with Crippen LogP contribution in [0, 0.1) is 5.82 Å². The number of allylic oxidation sites excluding steroid dienone is 2. The van der Waals surface area contributed by atoms with Crippen LogP contribution in [-0.2, 0) is 16.0 Å². The van der Waals surface area contributed by atoms with Crippen molar-refractivity contribution in [1.82, 2.24) is 15.2 Å². The number of nitrogens with one attached hydrogen (secondary N) is 1. The van der Waals surface area contributed by atoms with Gasteiger partial charge in [0.15, 0.2) is 17.3 Å². The summed E-state index contributed by atoms with van der Waals surface area (Å²) in [6.45, 7) is 4.33. The third-order valence-corrected chi connectivity index (χ3v) is 7.45. The minimum atomic E-state index is -0.507. The Balaban J connectivity index is 1.39. The molecule has 0 bridgehead atoms. The van der Waals surface area contributed by atoms with Gasteiger partial charge in [0.1, 0.15) is 5.82 Å². The number of hydrogen-bond donors (Lipinski definition) is 1. The first-order valence-electron chi connectivity index (χ1n) is 14.0. The predicted octanol–water partition coefficient (Wildman–Crippen LogP) is 4.80. The minimum Gasteiger partial charge on any atom is -0.493 e. The van der Waals surface area contributed by atoms with E-state index in [1.807, 2.05) is 19.1 Å². The first-order valence-corrected chi connectivity index (χ1v) is 14.0.